The Labute approximate surface area is 129 Å². The molecule has 0 aliphatic rings. The van der Waals surface area contributed by atoms with E-state index in [1.165, 1.54) is 0 Å². The largest absolute Gasteiger partial charge is 0.458 e. The lowest BCUT2D eigenvalue weighted by atomic mass is 10.0. The topological polar surface area (TPSA) is 39.2 Å². The van der Waals surface area contributed by atoms with Crippen molar-refractivity contribution in [1.82, 2.24) is 0 Å². The zero-order valence-electron chi connectivity index (χ0n) is 9.99. The van der Waals surface area contributed by atoms with E-state index in [4.69, 9.17) is 21.8 Å². The van der Waals surface area contributed by atoms with Gasteiger partial charge in [-0.2, -0.15) is 0 Å². The number of nitrogens with two attached hydrogens (primary N) is 1. The minimum atomic E-state index is 0.368. The summed E-state index contributed by atoms with van der Waals surface area (Å²) in [5, 5.41) is 1.72. The standard InChI is InChI=1S/C15H11ClINO/c16-10-6-11-14(9-4-2-1-3-5-9)13(8-18)19-15(11)12(17)7-10/h1-7H,8,18H2. The van der Waals surface area contributed by atoms with E-state index in [-0.39, 0.29) is 0 Å². The van der Waals surface area contributed by atoms with E-state index in [2.05, 4.69) is 34.7 Å². The van der Waals surface area contributed by atoms with Crippen LogP contribution in [-0.2, 0) is 6.54 Å². The average molecular weight is 384 g/mol. The van der Waals surface area contributed by atoms with Gasteiger partial charge in [0.05, 0.1) is 10.1 Å². The van der Waals surface area contributed by atoms with Crippen molar-refractivity contribution in [2.45, 2.75) is 6.54 Å². The zero-order chi connectivity index (χ0) is 13.4. The van der Waals surface area contributed by atoms with Gasteiger partial charge >= 0.3 is 0 Å². The smallest absolute Gasteiger partial charge is 0.148 e. The van der Waals surface area contributed by atoms with Gasteiger partial charge in [-0.25, -0.2) is 0 Å². The Morgan fingerprint density at radius 2 is 1.89 bits per heavy atom. The maximum atomic E-state index is 6.16. The number of hydrogen-bond donors (Lipinski definition) is 1. The van der Waals surface area contributed by atoms with Crippen molar-refractivity contribution in [2.75, 3.05) is 0 Å². The van der Waals surface area contributed by atoms with Crippen molar-refractivity contribution < 1.29 is 4.42 Å². The lowest BCUT2D eigenvalue weighted by Gasteiger charge is -2.01. The quantitative estimate of drug-likeness (QED) is 0.645. The summed E-state index contributed by atoms with van der Waals surface area (Å²) in [6, 6.07) is 13.9. The Kier molecular flexibility index (Phi) is 3.52. The molecule has 4 heteroatoms. The average Bonchev–Trinajstić information content (AvgIpc) is 2.78. The van der Waals surface area contributed by atoms with Crippen molar-refractivity contribution in [3.8, 4) is 11.1 Å². The van der Waals surface area contributed by atoms with Crippen molar-refractivity contribution in [3.05, 3.63) is 56.8 Å². The van der Waals surface area contributed by atoms with E-state index in [0.29, 0.717) is 11.6 Å². The molecule has 2 aromatic carbocycles. The highest BCUT2D eigenvalue weighted by atomic mass is 127. The number of hydrogen-bond acceptors (Lipinski definition) is 2. The van der Waals surface area contributed by atoms with E-state index in [1.807, 2.05) is 30.3 Å². The molecule has 0 aliphatic carbocycles. The first kappa shape index (κ1) is 13.0. The first-order valence-electron chi connectivity index (χ1n) is 5.86. The van der Waals surface area contributed by atoms with Gasteiger partial charge in [0.15, 0.2) is 0 Å². The van der Waals surface area contributed by atoms with Crippen LogP contribution in [-0.4, -0.2) is 0 Å². The predicted molar refractivity (Wildman–Crippen MR) is 87.3 cm³/mol. The van der Waals surface area contributed by atoms with E-state index in [1.54, 1.807) is 0 Å². The molecule has 96 valence electrons. The highest BCUT2D eigenvalue weighted by Gasteiger charge is 2.17. The molecule has 19 heavy (non-hydrogen) atoms. The van der Waals surface area contributed by atoms with E-state index >= 15 is 0 Å². The monoisotopic (exact) mass is 383 g/mol. The van der Waals surface area contributed by atoms with Gasteiger partial charge in [-0.3, -0.25) is 0 Å². The molecule has 3 rings (SSSR count). The lowest BCUT2D eigenvalue weighted by Crippen LogP contribution is -1.95. The summed E-state index contributed by atoms with van der Waals surface area (Å²) in [5.74, 6) is 0.793. The van der Waals surface area contributed by atoms with Crippen LogP contribution in [0.25, 0.3) is 22.1 Å². The first-order chi connectivity index (χ1) is 9.20. The second kappa shape index (κ2) is 5.15. The molecule has 2 N–H and O–H groups in total. The summed E-state index contributed by atoms with van der Waals surface area (Å²) in [5.41, 5.74) is 8.80. The predicted octanol–water partition coefficient (Wildman–Crippen LogP) is 4.82. The fraction of sp³-hybridized carbons (Fsp3) is 0.0667. The van der Waals surface area contributed by atoms with Crippen LogP contribution < -0.4 is 5.73 Å². The second-order valence-electron chi connectivity index (χ2n) is 4.23. The van der Waals surface area contributed by atoms with Gasteiger partial charge < -0.3 is 10.2 Å². The van der Waals surface area contributed by atoms with Crippen LogP contribution in [0.4, 0.5) is 0 Å². The zero-order valence-corrected chi connectivity index (χ0v) is 12.9. The third-order valence-corrected chi connectivity index (χ3v) is 4.05. The van der Waals surface area contributed by atoms with E-state index < -0.39 is 0 Å². The Bertz CT molecular complexity index is 737. The number of furan rings is 1. The van der Waals surface area contributed by atoms with Gasteiger partial charge in [0.1, 0.15) is 11.3 Å². The van der Waals surface area contributed by atoms with Gasteiger partial charge in [-0.15, -0.1) is 0 Å². The van der Waals surface area contributed by atoms with Gasteiger partial charge in [0.25, 0.3) is 0 Å². The number of benzene rings is 2. The van der Waals surface area contributed by atoms with Gasteiger partial charge in [-0.05, 0) is 40.3 Å². The van der Waals surface area contributed by atoms with Crippen LogP contribution in [0.15, 0.2) is 46.9 Å². The third-order valence-electron chi connectivity index (χ3n) is 3.03. The van der Waals surface area contributed by atoms with Crippen LogP contribution in [0, 0.1) is 3.57 Å². The normalized spacial score (nSPS) is 11.1. The molecule has 0 bridgehead atoms. The number of halogens is 2. The van der Waals surface area contributed by atoms with Crippen molar-refractivity contribution >= 4 is 45.2 Å². The summed E-state index contributed by atoms with van der Waals surface area (Å²) < 4.78 is 6.89. The minimum absolute atomic E-state index is 0.368. The van der Waals surface area contributed by atoms with E-state index in [9.17, 15) is 0 Å². The summed E-state index contributed by atoms with van der Waals surface area (Å²) in [7, 11) is 0. The molecule has 0 amide bonds. The Hall–Kier alpha value is -1.04. The number of fused-ring (bicyclic) bond motifs is 1. The van der Waals surface area contributed by atoms with Crippen LogP contribution in [0.3, 0.4) is 0 Å². The Balaban J connectivity index is 2.39. The molecule has 0 saturated carbocycles. The van der Waals surface area contributed by atoms with E-state index in [0.717, 1.165) is 31.4 Å². The van der Waals surface area contributed by atoms with Crippen LogP contribution >= 0.6 is 34.2 Å². The van der Waals surface area contributed by atoms with Gasteiger partial charge in [0, 0.05) is 16.0 Å². The van der Waals surface area contributed by atoms with Crippen molar-refractivity contribution in [2.24, 2.45) is 5.73 Å². The molecule has 0 saturated heterocycles. The minimum Gasteiger partial charge on any atom is -0.458 e. The second-order valence-corrected chi connectivity index (χ2v) is 5.83. The molecular weight excluding hydrogens is 373 g/mol. The Morgan fingerprint density at radius 1 is 1.16 bits per heavy atom. The molecule has 0 fully saturated rings. The molecule has 1 aromatic heterocycles. The number of rotatable bonds is 2. The van der Waals surface area contributed by atoms with Crippen LogP contribution in [0.1, 0.15) is 5.76 Å². The molecule has 0 atom stereocenters. The molecular formula is C15H11ClINO. The molecule has 0 spiro atoms. The fourth-order valence-electron chi connectivity index (χ4n) is 2.24. The van der Waals surface area contributed by atoms with Crippen LogP contribution in [0.2, 0.25) is 5.02 Å². The first-order valence-corrected chi connectivity index (χ1v) is 7.32. The van der Waals surface area contributed by atoms with Gasteiger partial charge in [0.2, 0.25) is 0 Å². The maximum absolute atomic E-state index is 6.16. The maximum Gasteiger partial charge on any atom is 0.148 e. The highest BCUT2D eigenvalue weighted by molar-refractivity contribution is 14.1. The Morgan fingerprint density at radius 3 is 2.58 bits per heavy atom. The molecule has 2 nitrogen and oxygen atoms in total. The summed E-state index contributed by atoms with van der Waals surface area (Å²) in [6.45, 7) is 0.368. The molecule has 1 heterocycles. The van der Waals surface area contributed by atoms with Crippen LogP contribution in [0.5, 0.6) is 0 Å². The molecule has 3 aromatic rings. The van der Waals surface area contributed by atoms with Crippen molar-refractivity contribution in [1.29, 1.82) is 0 Å². The summed E-state index contributed by atoms with van der Waals surface area (Å²) >= 11 is 8.39. The summed E-state index contributed by atoms with van der Waals surface area (Å²) in [6.07, 6.45) is 0. The highest BCUT2D eigenvalue weighted by Crippen LogP contribution is 2.38. The lowest BCUT2D eigenvalue weighted by molar-refractivity contribution is 0.552. The molecule has 0 unspecified atom stereocenters. The molecule has 0 radical (unpaired) electrons. The summed E-state index contributed by atoms with van der Waals surface area (Å²) in [4.78, 5) is 0. The fourth-order valence-corrected chi connectivity index (χ4v) is 3.38. The van der Waals surface area contributed by atoms with Crippen molar-refractivity contribution in [3.63, 3.8) is 0 Å². The SMILES string of the molecule is NCc1oc2c(I)cc(Cl)cc2c1-c1ccccc1. The third kappa shape index (κ3) is 2.26. The molecule has 0 aliphatic heterocycles. The van der Waals surface area contributed by atoms with Gasteiger partial charge in [-0.1, -0.05) is 41.9 Å².